The van der Waals surface area contributed by atoms with Gasteiger partial charge >= 0.3 is 0 Å². The second-order valence-electron chi connectivity index (χ2n) is 7.25. The summed E-state index contributed by atoms with van der Waals surface area (Å²) in [7, 11) is 1.53. The average Bonchev–Trinajstić information content (AvgIpc) is 3.25. The number of carbonyl (C=O) groups excluding carboxylic acids is 2. The molecule has 1 fully saturated rings. The van der Waals surface area contributed by atoms with Crippen LogP contribution in [0.15, 0.2) is 36.7 Å². The lowest BCUT2D eigenvalue weighted by molar-refractivity contribution is -0.123. The predicted octanol–water partition coefficient (Wildman–Crippen LogP) is 2.46. The third-order valence-electron chi connectivity index (χ3n) is 5.24. The second kappa shape index (κ2) is 9.80. The SMILES string of the molecule is COc1cc(-n2cccc2)c(Cl)cc1C(=O)NCCCN1CCCC(C(N)=O)C1. The minimum Gasteiger partial charge on any atom is -0.496 e. The summed E-state index contributed by atoms with van der Waals surface area (Å²) in [5.41, 5.74) is 6.57. The van der Waals surface area contributed by atoms with Gasteiger partial charge in [-0.25, -0.2) is 0 Å². The Kier molecular flexibility index (Phi) is 7.17. The Morgan fingerprint density at radius 2 is 2.07 bits per heavy atom. The number of carbonyl (C=O) groups is 2. The smallest absolute Gasteiger partial charge is 0.255 e. The van der Waals surface area contributed by atoms with Gasteiger partial charge in [0.1, 0.15) is 5.75 Å². The van der Waals surface area contributed by atoms with Crippen molar-refractivity contribution in [1.82, 2.24) is 14.8 Å². The van der Waals surface area contributed by atoms with Crippen molar-refractivity contribution in [3.63, 3.8) is 0 Å². The Labute approximate surface area is 175 Å². The largest absolute Gasteiger partial charge is 0.496 e. The fraction of sp³-hybridized carbons (Fsp3) is 0.429. The fourth-order valence-electron chi connectivity index (χ4n) is 3.67. The van der Waals surface area contributed by atoms with Gasteiger partial charge in [0, 0.05) is 31.5 Å². The first-order valence-electron chi connectivity index (χ1n) is 9.80. The lowest BCUT2D eigenvalue weighted by atomic mass is 9.97. The third kappa shape index (κ3) is 5.31. The molecule has 1 saturated heterocycles. The molecule has 2 amide bonds. The molecule has 1 aromatic heterocycles. The second-order valence-corrected chi connectivity index (χ2v) is 7.65. The summed E-state index contributed by atoms with van der Waals surface area (Å²) in [6, 6.07) is 7.19. The van der Waals surface area contributed by atoms with Gasteiger partial charge in [0.15, 0.2) is 0 Å². The molecule has 29 heavy (non-hydrogen) atoms. The molecule has 2 heterocycles. The predicted molar refractivity (Wildman–Crippen MR) is 113 cm³/mol. The molecule has 0 saturated carbocycles. The van der Waals surface area contributed by atoms with Crippen molar-refractivity contribution in [2.24, 2.45) is 11.7 Å². The van der Waals surface area contributed by atoms with Crippen LogP contribution in [0.5, 0.6) is 5.75 Å². The molecule has 8 heteroatoms. The van der Waals surface area contributed by atoms with E-state index in [-0.39, 0.29) is 17.7 Å². The molecule has 7 nitrogen and oxygen atoms in total. The van der Waals surface area contributed by atoms with E-state index in [0.29, 0.717) is 29.4 Å². The third-order valence-corrected chi connectivity index (χ3v) is 5.54. The van der Waals surface area contributed by atoms with Gasteiger partial charge < -0.3 is 25.3 Å². The molecule has 1 aliphatic rings. The summed E-state index contributed by atoms with van der Waals surface area (Å²) in [4.78, 5) is 26.2. The highest BCUT2D eigenvalue weighted by Gasteiger charge is 2.23. The first-order valence-corrected chi connectivity index (χ1v) is 10.2. The molecule has 0 aliphatic carbocycles. The highest BCUT2D eigenvalue weighted by atomic mass is 35.5. The van der Waals surface area contributed by atoms with Gasteiger partial charge in [0.05, 0.1) is 29.3 Å². The number of nitrogens with two attached hydrogens (primary N) is 1. The van der Waals surface area contributed by atoms with Crippen molar-refractivity contribution < 1.29 is 14.3 Å². The van der Waals surface area contributed by atoms with Crippen molar-refractivity contribution in [2.75, 3.05) is 33.3 Å². The highest BCUT2D eigenvalue weighted by molar-refractivity contribution is 6.33. The number of rotatable bonds is 8. The van der Waals surface area contributed by atoms with Crippen LogP contribution >= 0.6 is 11.6 Å². The maximum atomic E-state index is 12.6. The van der Waals surface area contributed by atoms with Gasteiger partial charge in [-0.15, -0.1) is 0 Å². The summed E-state index contributed by atoms with van der Waals surface area (Å²) < 4.78 is 7.28. The van der Waals surface area contributed by atoms with Gasteiger partial charge in [0.25, 0.3) is 5.91 Å². The molecule has 1 aromatic carbocycles. The number of ether oxygens (including phenoxy) is 1. The first kappa shape index (κ1) is 21.2. The monoisotopic (exact) mass is 418 g/mol. The van der Waals surface area contributed by atoms with E-state index in [9.17, 15) is 9.59 Å². The number of halogens is 1. The van der Waals surface area contributed by atoms with Crippen LogP contribution < -0.4 is 15.8 Å². The highest BCUT2D eigenvalue weighted by Crippen LogP contribution is 2.30. The molecule has 1 unspecified atom stereocenters. The van der Waals surface area contributed by atoms with E-state index in [1.54, 1.807) is 12.1 Å². The van der Waals surface area contributed by atoms with Crippen molar-refractivity contribution in [2.45, 2.75) is 19.3 Å². The quantitative estimate of drug-likeness (QED) is 0.644. The van der Waals surface area contributed by atoms with Gasteiger partial charge in [0.2, 0.25) is 5.91 Å². The number of hydrogen-bond acceptors (Lipinski definition) is 4. The van der Waals surface area contributed by atoms with E-state index in [2.05, 4.69) is 10.2 Å². The summed E-state index contributed by atoms with van der Waals surface area (Å²) in [5.74, 6) is -0.0497. The summed E-state index contributed by atoms with van der Waals surface area (Å²) in [6.07, 6.45) is 6.38. The number of amides is 2. The van der Waals surface area contributed by atoms with Crippen LogP contribution in [0.2, 0.25) is 5.02 Å². The summed E-state index contributed by atoms with van der Waals surface area (Å²) >= 11 is 6.40. The summed E-state index contributed by atoms with van der Waals surface area (Å²) in [6.45, 7) is 3.00. The van der Waals surface area contributed by atoms with E-state index < -0.39 is 0 Å². The Morgan fingerprint density at radius 1 is 1.31 bits per heavy atom. The number of benzene rings is 1. The zero-order valence-corrected chi connectivity index (χ0v) is 17.3. The van der Waals surface area contributed by atoms with Crippen LogP contribution in [0, 0.1) is 5.92 Å². The summed E-state index contributed by atoms with van der Waals surface area (Å²) in [5, 5.41) is 3.40. The molecular formula is C21H27ClN4O3. The van der Waals surface area contributed by atoms with Crippen LogP contribution in [0.4, 0.5) is 0 Å². The van der Waals surface area contributed by atoms with Crippen LogP contribution in [-0.2, 0) is 4.79 Å². The molecule has 156 valence electrons. The van der Waals surface area contributed by atoms with Crippen molar-refractivity contribution in [1.29, 1.82) is 0 Å². The minimum absolute atomic E-state index is 0.0662. The number of hydrogen-bond donors (Lipinski definition) is 2. The molecule has 1 aliphatic heterocycles. The Bertz CT molecular complexity index is 854. The minimum atomic E-state index is -0.227. The van der Waals surface area contributed by atoms with Crippen LogP contribution in [0.3, 0.4) is 0 Å². The normalized spacial score (nSPS) is 17.1. The van der Waals surface area contributed by atoms with E-state index in [0.717, 1.165) is 38.0 Å². The number of likely N-dealkylation sites (tertiary alicyclic amines) is 1. The fourth-order valence-corrected chi connectivity index (χ4v) is 3.93. The molecule has 0 radical (unpaired) electrons. The van der Waals surface area contributed by atoms with E-state index in [1.807, 2.05) is 29.1 Å². The molecule has 1 atom stereocenters. The van der Waals surface area contributed by atoms with Crippen molar-refractivity contribution >= 4 is 23.4 Å². The van der Waals surface area contributed by atoms with Gasteiger partial charge in [-0.05, 0) is 50.6 Å². The van der Waals surface area contributed by atoms with E-state index in [4.69, 9.17) is 22.1 Å². The number of methoxy groups -OCH3 is 1. The molecule has 3 rings (SSSR count). The van der Waals surface area contributed by atoms with Crippen LogP contribution in [0.25, 0.3) is 5.69 Å². The molecule has 0 spiro atoms. The zero-order valence-electron chi connectivity index (χ0n) is 16.6. The van der Waals surface area contributed by atoms with Gasteiger partial charge in [-0.2, -0.15) is 0 Å². The maximum Gasteiger partial charge on any atom is 0.255 e. The van der Waals surface area contributed by atoms with Gasteiger partial charge in [-0.1, -0.05) is 11.6 Å². The van der Waals surface area contributed by atoms with Crippen LogP contribution in [-0.4, -0.2) is 54.6 Å². The standard InChI is InChI=1S/C21H27ClN4O3/c1-29-19-13-18(26-10-2-3-11-26)17(22)12-16(19)21(28)24-7-5-9-25-8-4-6-15(14-25)20(23)27/h2-3,10-13,15H,4-9,14H2,1H3,(H2,23,27)(H,24,28). The first-order chi connectivity index (χ1) is 14.0. The van der Waals surface area contributed by atoms with Crippen molar-refractivity contribution in [3.8, 4) is 11.4 Å². The number of piperidine rings is 1. The Morgan fingerprint density at radius 3 is 2.76 bits per heavy atom. The zero-order chi connectivity index (χ0) is 20.8. The van der Waals surface area contributed by atoms with Crippen molar-refractivity contribution in [3.05, 3.63) is 47.2 Å². The number of aromatic nitrogens is 1. The molecular weight excluding hydrogens is 392 g/mol. The van der Waals surface area contributed by atoms with E-state index >= 15 is 0 Å². The van der Waals surface area contributed by atoms with E-state index in [1.165, 1.54) is 7.11 Å². The topological polar surface area (TPSA) is 89.6 Å². The molecule has 3 N–H and O–H groups in total. The number of nitrogens with zero attached hydrogens (tertiary/aromatic N) is 2. The number of primary amides is 1. The maximum absolute atomic E-state index is 12.6. The van der Waals surface area contributed by atoms with Crippen LogP contribution in [0.1, 0.15) is 29.6 Å². The average molecular weight is 419 g/mol. The Hall–Kier alpha value is -2.51. The molecule has 0 bridgehead atoms. The number of nitrogens with one attached hydrogen (secondary N) is 1. The lowest BCUT2D eigenvalue weighted by Crippen LogP contribution is -2.42. The molecule has 2 aromatic rings. The lowest BCUT2D eigenvalue weighted by Gasteiger charge is -2.31. The Balaban J connectivity index is 1.55. The van der Waals surface area contributed by atoms with Gasteiger partial charge in [-0.3, -0.25) is 9.59 Å².